The average Bonchev–Trinajstić information content (AvgIpc) is 3.12. The van der Waals surface area contributed by atoms with E-state index in [0.29, 0.717) is 36.4 Å². The lowest BCUT2D eigenvalue weighted by molar-refractivity contribution is -0.122. The molecule has 0 saturated carbocycles. The van der Waals surface area contributed by atoms with Crippen molar-refractivity contribution >= 4 is 29.1 Å². The molecule has 0 spiro atoms. The summed E-state index contributed by atoms with van der Waals surface area (Å²) in [7, 11) is 1.61. The van der Waals surface area contributed by atoms with Crippen LogP contribution in [0.2, 0.25) is 0 Å². The van der Waals surface area contributed by atoms with E-state index in [2.05, 4.69) is 0 Å². The third-order valence-corrected chi connectivity index (χ3v) is 7.12. The Balaban J connectivity index is 1.53. The molecule has 1 unspecified atom stereocenters. The number of carbonyl (C=O) groups is 3. The number of benzene rings is 2. The molecule has 3 heterocycles. The van der Waals surface area contributed by atoms with Gasteiger partial charge in [0.2, 0.25) is 11.8 Å². The molecule has 7 nitrogen and oxygen atoms in total. The van der Waals surface area contributed by atoms with E-state index in [4.69, 9.17) is 4.74 Å². The van der Waals surface area contributed by atoms with Crippen molar-refractivity contribution in [2.24, 2.45) is 0 Å². The Morgan fingerprint density at radius 3 is 2.69 bits per heavy atom. The zero-order valence-electron chi connectivity index (χ0n) is 18.7. The van der Waals surface area contributed by atoms with E-state index in [-0.39, 0.29) is 24.3 Å². The maximum atomic E-state index is 13.7. The first-order valence-corrected chi connectivity index (χ1v) is 11.1. The van der Waals surface area contributed by atoms with Crippen molar-refractivity contribution in [3.05, 3.63) is 53.1 Å². The van der Waals surface area contributed by atoms with Gasteiger partial charge in [-0.1, -0.05) is 18.2 Å². The Bertz CT molecular complexity index is 1140. The summed E-state index contributed by atoms with van der Waals surface area (Å²) in [4.78, 5) is 45.0. The van der Waals surface area contributed by atoms with Crippen molar-refractivity contribution in [3.63, 3.8) is 0 Å². The van der Waals surface area contributed by atoms with Gasteiger partial charge in [-0.25, -0.2) is 0 Å². The fraction of sp³-hybridized carbons (Fsp3) is 0.400. The third kappa shape index (κ3) is 2.83. The lowest BCUT2D eigenvalue weighted by Crippen LogP contribution is -2.64. The highest BCUT2D eigenvalue weighted by molar-refractivity contribution is 6.11. The van der Waals surface area contributed by atoms with Gasteiger partial charge in [-0.15, -0.1) is 0 Å². The minimum atomic E-state index is -0.854. The molecule has 0 aromatic heterocycles. The molecule has 2 aromatic carbocycles. The fourth-order valence-corrected chi connectivity index (χ4v) is 5.43. The smallest absolute Gasteiger partial charge is 0.258 e. The summed E-state index contributed by atoms with van der Waals surface area (Å²) < 4.78 is 5.58. The highest BCUT2D eigenvalue weighted by Gasteiger charge is 2.53. The summed E-state index contributed by atoms with van der Waals surface area (Å²) in [6.07, 6.45) is 2.59. The summed E-state index contributed by atoms with van der Waals surface area (Å²) in [5.74, 6) is 0.266. The van der Waals surface area contributed by atoms with Gasteiger partial charge in [0.25, 0.3) is 5.91 Å². The third-order valence-electron chi connectivity index (χ3n) is 7.12. The van der Waals surface area contributed by atoms with E-state index >= 15 is 0 Å². The first kappa shape index (κ1) is 20.5. The summed E-state index contributed by atoms with van der Waals surface area (Å²) in [5.41, 5.74) is 3.28. The Kier molecular flexibility index (Phi) is 4.73. The van der Waals surface area contributed by atoms with Crippen molar-refractivity contribution in [1.82, 2.24) is 4.90 Å². The minimum absolute atomic E-state index is 0.0227. The zero-order chi connectivity index (χ0) is 22.6. The maximum Gasteiger partial charge on any atom is 0.258 e. The molecular weight excluding hydrogens is 406 g/mol. The highest BCUT2D eigenvalue weighted by Crippen LogP contribution is 2.44. The molecule has 1 fully saturated rings. The van der Waals surface area contributed by atoms with Gasteiger partial charge in [0, 0.05) is 13.0 Å². The summed E-state index contributed by atoms with van der Waals surface area (Å²) in [6.45, 7) is 4.40. The maximum absolute atomic E-state index is 13.7. The fourth-order valence-electron chi connectivity index (χ4n) is 5.43. The summed E-state index contributed by atoms with van der Waals surface area (Å²) >= 11 is 0. The van der Waals surface area contributed by atoms with E-state index in [0.717, 1.165) is 29.7 Å². The lowest BCUT2D eigenvalue weighted by atomic mass is 9.95. The molecule has 3 aliphatic rings. The number of ether oxygens (including phenoxy) is 1. The Hall–Kier alpha value is -3.35. The Labute approximate surface area is 187 Å². The van der Waals surface area contributed by atoms with Crippen molar-refractivity contribution in [2.45, 2.75) is 45.2 Å². The van der Waals surface area contributed by atoms with Crippen molar-refractivity contribution in [2.75, 3.05) is 30.0 Å². The largest absolute Gasteiger partial charge is 0.495 e. The predicted molar refractivity (Wildman–Crippen MR) is 121 cm³/mol. The Morgan fingerprint density at radius 1 is 1.12 bits per heavy atom. The number of nitrogens with zero attached hydrogens (tertiary/aromatic N) is 3. The number of anilines is 2. The minimum Gasteiger partial charge on any atom is -0.495 e. The molecular formula is C25H27N3O4. The molecule has 3 amide bonds. The number of aryl methyl sites for hydroxylation is 1. The van der Waals surface area contributed by atoms with E-state index in [1.165, 1.54) is 0 Å². The zero-order valence-corrected chi connectivity index (χ0v) is 18.7. The second-order valence-electron chi connectivity index (χ2n) is 8.92. The van der Waals surface area contributed by atoms with Crippen LogP contribution in [0.5, 0.6) is 5.75 Å². The molecule has 32 heavy (non-hydrogen) atoms. The van der Waals surface area contributed by atoms with Crippen LogP contribution in [0, 0.1) is 6.92 Å². The number of fused-ring (bicyclic) bond motifs is 4. The van der Waals surface area contributed by atoms with Crippen molar-refractivity contribution < 1.29 is 19.1 Å². The standard InChI is InChI=1S/C25H27N3O4/c1-16-10-11-20(32-3)23-17(16)8-6-14-26(23)22(30)15-27-24(31)18-7-4-5-9-19(18)28-21(29)12-13-25(27,28)2/h4-5,7,9-11H,6,8,12-15H2,1-3H3. The van der Waals surface area contributed by atoms with E-state index in [9.17, 15) is 14.4 Å². The van der Waals surface area contributed by atoms with Crippen molar-refractivity contribution in [1.29, 1.82) is 0 Å². The van der Waals surface area contributed by atoms with E-state index in [1.807, 2.05) is 38.1 Å². The second-order valence-corrected chi connectivity index (χ2v) is 8.92. The van der Waals surface area contributed by atoms with Crippen LogP contribution >= 0.6 is 0 Å². The van der Waals surface area contributed by atoms with Gasteiger partial charge in [-0.3, -0.25) is 19.3 Å². The first-order chi connectivity index (χ1) is 15.4. The molecule has 7 heteroatoms. The van der Waals surface area contributed by atoms with Crippen LogP contribution in [0.15, 0.2) is 36.4 Å². The SMILES string of the molecule is COc1ccc(C)c2c1N(C(=O)CN1C(=O)c3ccccc3N3C(=O)CCC13C)CCC2. The molecule has 0 bridgehead atoms. The lowest BCUT2D eigenvalue weighted by Gasteiger charge is -2.48. The quantitative estimate of drug-likeness (QED) is 0.745. The highest BCUT2D eigenvalue weighted by atomic mass is 16.5. The normalized spacial score (nSPS) is 21.9. The molecule has 3 aliphatic heterocycles. The van der Waals surface area contributed by atoms with Gasteiger partial charge >= 0.3 is 0 Å². The van der Waals surface area contributed by atoms with Crippen LogP contribution < -0.4 is 14.5 Å². The molecule has 1 atom stereocenters. The van der Waals surface area contributed by atoms with Gasteiger partial charge in [0.1, 0.15) is 18.0 Å². The first-order valence-electron chi connectivity index (χ1n) is 11.1. The molecule has 166 valence electrons. The molecule has 0 aliphatic carbocycles. The topological polar surface area (TPSA) is 70.2 Å². The van der Waals surface area contributed by atoms with Crippen LogP contribution in [0.4, 0.5) is 11.4 Å². The van der Waals surface area contributed by atoms with Gasteiger partial charge in [-0.05, 0) is 62.4 Å². The molecule has 5 rings (SSSR count). The number of methoxy groups -OCH3 is 1. The van der Waals surface area contributed by atoms with Crippen LogP contribution in [0.1, 0.15) is 47.7 Å². The summed E-state index contributed by atoms with van der Waals surface area (Å²) in [6, 6.07) is 11.1. The van der Waals surface area contributed by atoms with Gasteiger partial charge in [0.05, 0.1) is 24.0 Å². The van der Waals surface area contributed by atoms with Gasteiger partial charge in [0.15, 0.2) is 0 Å². The molecule has 2 aromatic rings. The number of rotatable bonds is 3. The number of carbonyl (C=O) groups excluding carboxylic acids is 3. The van der Waals surface area contributed by atoms with Gasteiger partial charge < -0.3 is 14.5 Å². The number of para-hydroxylation sites is 1. The van der Waals surface area contributed by atoms with Crippen LogP contribution in [0.25, 0.3) is 0 Å². The average molecular weight is 434 g/mol. The van der Waals surface area contributed by atoms with Crippen LogP contribution in [-0.2, 0) is 16.0 Å². The monoisotopic (exact) mass is 433 g/mol. The van der Waals surface area contributed by atoms with Crippen LogP contribution in [0.3, 0.4) is 0 Å². The Morgan fingerprint density at radius 2 is 1.91 bits per heavy atom. The number of hydrogen-bond donors (Lipinski definition) is 0. The van der Waals surface area contributed by atoms with E-state index in [1.54, 1.807) is 33.9 Å². The second kappa shape index (κ2) is 7.36. The number of amides is 3. The number of hydrogen-bond acceptors (Lipinski definition) is 4. The molecule has 0 radical (unpaired) electrons. The summed E-state index contributed by atoms with van der Waals surface area (Å²) in [5, 5.41) is 0. The molecule has 0 N–H and O–H groups in total. The van der Waals surface area contributed by atoms with E-state index < -0.39 is 5.66 Å². The van der Waals surface area contributed by atoms with Crippen molar-refractivity contribution in [3.8, 4) is 5.75 Å². The molecule has 1 saturated heterocycles. The van der Waals surface area contributed by atoms with Gasteiger partial charge in [-0.2, -0.15) is 0 Å². The predicted octanol–water partition coefficient (Wildman–Crippen LogP) is 3.28. The van der Waals surface area contributed by atoms with Crippen LogP contribution in [-0.4, -0.2) is 48.5 Å².